The van der Waals surface area contributed by atoms with E-state index in [2.05, 4.69) is 55.1 Å². The van der Waals surface area contributed by atoms with Crippen molar-refractivity contribution in [3.05, 3.63) is 102 Å². The number of carbonyl (C=O) groups is 1. The number of aryl methyl sites for hydroxylation is 1. The lowest BCUT2D eigenvalue weighted by Gasteiger charge is -2.26. The highest BCUT2D eigenvalue weighted by molar-refractivity contribution is 7.85. The molecule has 0 saturated heterocycles. The van der Waals surface area contributed by atoms with Crippen LogP contribution in [0.5, 0.6) is 0 Å². The van der Waals surface area contributed by atoms with Crippen molar-refractivity contribution in [1.82, 2.24) is 12.3 Å². The van der Waals surface area contributed by atoms with Gasteiger partial charge in [0, 0.05) is 5.57 Å². The molecule has 1 atom stereocenters. The van der Waals surface area contributed by atoms with Gasteiger partial charge in [0.1, 0.15) is 0 Å². The van der Waals surface area contributed by atoms with Crippen LogP contribution in [0.15, 0.2) is 89.8 Å². The molecule has 1 unspecified atom stereocenters. The molecule has 41 heavy (non-hydrogen) atoms. The molecule has 0 aliphatic heterocycles. The first kappa shape index (κ1) is 35.3. The Kier molecular flexibility index (Phi) is 12.3. The minimum atomic E-state index is -4.67. The van der Waals surface area contributed by atoms with Crippen molar-refractivity contribution in [1.29, 1.82) is 0 Å². The Morgan fingerprint density at radius 3 is 1.88 bits per heavy atom. The highest BCUT2D eigenvalue weighted by atomic mass is 32.3. The fraction of sp³-hybridized carbons (Fsp3) is 0.179. The number of fused-ring (bicyclic) bond motifs is 5. The number of carboxylic acid groups (broad SMARTS) is 1. The summed E-state index contributed by atoms with van der Waals surface area (Å²) in [6, 6.07) is 24.1. The summed E-state index contributed by atoms with van der Waals surface area (Å²) in [6.07, 6.45) is 3.00. The van der Waals surface area contributed by atoms with Crippen LogP contribution in [-0.2, 0) is 38.2 Å². The molecule has 0 aromatic heterocycles. The minimum absolute atomic E-state index is 0. The van der Waals surface area contributed by atoms with Gasteiger partial charge in [-0.25, -0.2) is 4.79 Å². The molecule has 1 aliphatic carbocycles. The summed E-state index contributed by atoms with van der Waals surface area (Å²) in [4.78, 5) is 9.55. The molecule has 222 valence electrons. The predicted molar refractivity (Wildman–Crippen MR) is 159 cm³/mol. The summed E-state index contributed by atoms with van der Waals surface area (Å²) in [5, 5.41) is 13.0. The summed E-state index contributed by atoms with van der Waals surface area (Å²) >= 11 is 0. The second kappa shape index (κ2) is 14.3. The average Bonchev–Trinajstić information content (AvgIpc) is 2.87. The molecule has 4 aromatic carbocycles. The van der Waals surface area contributed by atoms with Gasteiger partial charge >= 0.3 is 16.4 Å². The largest absolute Gasteiger partial charge is 0.478 e. The molecule has 0 heterocycles. The molecule has 13 heteroatoms. The lowest BCUT2D eigenvalue weighted by Crippen LogP contribution is -2.13. The first-order chi connectivity index (χ1) is 18.1. The molecule has 0 saturated carbocycles. The molecule has 0 fully saturated rings. The monoisotopic (exact) mass is 606 g/mol. The number of hydrogen-bond donors (Lipinski definition) is 6. The molecule has 5 rings (SSSR count). The van der Waals surface area contributed by atoms with Gasteiger partial charge in [0.2, 0.25) is 0 Å². The van der Waals surface area contributed by atoms with Crippen LogP contribution in [0.4, 0.5) is 0 Å². The second-order valence-corrected chi connectivity index (χ2v) is 11.4. The summed E-state index contributed by atoms with van der Waals surface area (Å²) in [5.74, 6) is -0.588. The summed E-state index contributed by atoms with van der Waals surface area (Å²) in [6.45, 7) is 4.60. The van der Waals surface area contributed by atoms with E-state index in [9.17, 15) is 17.8 Å². The zero-order valence-electron chi connectivity index (χ0n) is 22.4. The summed E-state index contributed by atoms with van der Waals surface area (Å²) < 4.78 is 63.4. The van der Waals surface area contributed by atoms with Gasteiger partial charge in [-0.05, 0) is 82.5 Å². The SMILES string of the molecule is C=C(C)C(=O)O.N.N.O=S(=O)(O)O.O=S(=O)(O)c1ccc(C2CCc3ccc4c(ccc5ccccc54)c3C2)cc1. The molecule has 0 bridgehead atoms. The number of rotatable bonds is 3. The van der Waals surface area contributed by atoms with Crippen molar-refractivity contribution in [3.63, 3.8) is 0 Å². The van der Waals surface area contributed by atoms with Crippen LogP contribution >= 0.6 is 0 Å². The van der Waals surface area contributed by atoms with Gasteiger partial charge < -0.3 is 17.4 Å². The maximum absolute atomic E-state index is 11.3. The quantitative estimate of drug-likeness (QED) is 0.0921. The van der Waals surface area contributed by atoms with E-state index in [4.69, 9.17) is 22.6 Å². The van der Waals surface area contributed by atoms with E-state index in [1.807, 2.05) is 12.1 Å². The van der Waals surface area contributed by atoms with Crippen LogP contribution in [0, 0.1) is 0 Å². The highest BCUT2D eigenvalue weighted by Gasteiger charge is 2.23. The predicted octanol–water partition coefficient (Wildman–Crippen LogP) is 5.83. The standard InChI is InChI=1S/C24H20O3S.C4H6O2.2H3N.H2O4S/c25-28(26,27)20-11-7-16(8-12-20)19-6-5-18-10-13-22-21-4-2-1-3-17(21)9-14-23(22)24(18)15-19;1-3(2)4(5)6;;;1-5(2,3)4/h1-4,7-14,19H,5-6,15H2,(H,25,26,27);1H2,2H3,(H,5,6);2*1H3;(H2,1,2,3,4). The van der Waals surface area contributed by atoms with Gasteiger partial charge in [-0.15, -0.1) is 0 Å². The molecule has 1 aliphatic rings. The Bertz CT molecular complexity index is 1730. The molecule has 11 nitrogen and oxygen atoms in total. The first-order valence-electron chi connectivity index (χ1n) is 11.7. The molecular formula is C28H34N2O9S2. The minimum Gasteiger partial charge on any atom is -0.478 e. The maximum Gasteiger partial charge on any atom is 0.394 e. The number of hydrogen-bond acceptors (Lipinski definition) is 7. The summed E-state index contributed by atoms with van der Waals surface area (Å²) in [5.41, 5.74) is 4.11. The van der Waals surface area contributed by atoms with Crippen molar-refractivity contribution in [2.75, 3.05) is 0 Å². The maximum atomic E-state index is 11.3. The van der Waals surface area contributed by atoms with Gasteiger partial charge in [-0.2, -0.15) is 16.8 Å². The van der Waals surface area contributed by atoms with Crippen LogP contribution in [0.3, 0.4) is 0 Å². The fourth-order valence-corrected chi connectivity index (χ4v) is 5.03. The van der Waals surface area contributed by atoms with E-state index in [0.717, 1.165) is 24.8 Å². The van der Waals surface area contributed by atoms with Crippen LogP contribution in [0.25, 0.3) is 21.5 Å². The number of benzene rings is 4. The number of carboxylic acids is 1. The van der Waals surface area contributed by atoms with Gasteiger partial charge in [0.05, 0.1) is 4.90 Å². The highest BCUT2D eigenvalue weighted by Crippen LogP contribution is 2.38. The Hall–Kier alpha value is -3.69. The topological polar surface area (TPSA) is 236 Å². The zero-order valence-corrected chi connectivity index (χ0v) is 24.0. The lowest BCUT2D eigenvalue weighted by atomic mass is 9.78. The smallest absolute Gasteiger partial charge is 0.394 e. The van der Waals surface area contributed by atoms with Crippen molar-refractivity contribution < 1.29 is 40.4 Å². The third-order valence-electron chi connectivity index (χ3n) is 6.36. The van der Waals surface area contributed by atoms with Crippen molar-refractivity contribution in [2.45, 2.75) is 37.0 Å². The van der Waals surface area contributed by atoms with Gasteiger partial charge in [-0.1, -0.05) is 67.2 Å². The van der Waals surface area contributed by atoms with Crippen LogP contribution in [0.2, 0.25) is 0 Å². The van der Waals surface area contributed by atoms with E-state index < -0.39 is 26.5 Å². The molecule has 10 N–H and O–H groups in total. The lowest BCUT2D eigenvalue weighted by molar-refractivity contribution is -0.132. The fourth-order valence-electron chi connectivity index (χ4n) is 4.55. The Labute approximate surface area is 239 Å². The van der Waals surface area contributed by atoms with E-state index in [1.54, 1.807) is 0 Å². The average molecular weight is 607 g/mol. The van der Waals surface area contributed by atoms with E-state index in [0.29, 0.717) is 5.92 Å². The van der Waals surface area contributed by atoms with Gasteiger partial charge in [0.15, 0.2) is 0 Å². The zero-order chi connectivity index (χ0) is 29.0. The molecule has 0 spiro atoms. The molecule has 4 aromatic rings. The second-order valence-electron chi connectivity index (χ2n) is 9.10. The van der Waals surface area contributed by atoms with Crippen molar-refractivity contribution in [3.8, 4) is 0 Å². The molecule has 0 radical (unpaired) electrons. The van der Waals surface area contributed by atoms with Gasteiger partial charge in [0.25, 0.3) is 10.1 Å². The third-order valence-corrected chi connectivity index (χ3v) is 7.23. The van der Waals surface area contributed by atoms with E-state index in [1.165, 1.54) is 51.7 Å². The van der Waals surface area contributed by atoms with E-state index in [-0.39, 0.29) is 22.8 Å². The third kappa shape index (κ3) is 9.72. The Morgan fingerprint density at radius 1 is 0.805 bits per heavy atom. The van der Waals surface area contributed by atoms with Crippen molar-refractivity contribution >= 4 is 48.0 Å². The van der Waals surface area contributed by atoms with Gasteiger partial charge in [-0.3, -0.25) is 13.7 Å². The van der Waals surface area contributed by atoms with E-state index >= 15 is 0 Å². The molecular weight excluding hydrogens is 572 g/mol. The Morgan fingerprint density at radius 2 is 1.34 bits per heavy atom. The Balaban J connectivity index is 0.000000557. The normalized spacial score (nSPS) is 14.1. The first-order valence-corrected chi connectivity index (χ1v) is 14.6. The number of aliphatic carboxylic acids is 1. The summed E-state index contributed by atoms with van der Waals surface area (Å²) in [7, 11) is -8.82. The van der Waals surface area contributed by atoms with Crippen LogP contribution < -0.4 is 12.3 Å². The van der Waals surface area contributed by atoms with Crippen LogP contribution in [-0.4, -0.2) is 41.6 Å². The molecule has 0 amide bonds. The van der Waals surface area contributed by atoms with Crippen LogP contribution in [0.1, 0.15) is 36.0 Å². The van der Waals surface area contributed by atoms with Crippen molar-refractivity contribution in [2.24, 2.45) is 0 Å².